The van der Waals surface area contributed by atoms with Gasteiger partial charge in [-0.1, -0.05) is 13.5 Å². The van der Waals surface area contributed by atoms with Crippen molar-refractivity contribution in [3.8, 4) is 0 Å². The summed E-state index contributed by atoms with van der Waals surface area (Å²) in [6.45, 7) is 6.06. The molecule has 0 aliphatic carbocycles. The van der Waals surface area contributed by atoms with Crippen LogP contribution < -0.4 is 0 Å². The molecule has 1 aliphatic heterocycles. The molecule has 1 unspecified atom stereocenters. The molecule has 68 valence electrons. The number of hydrogen-bond donors (Lipinski definition) is 0. The standard InChI is InChI=1S/C8H12O4/c1-3-5-10-8(6-11-8)12-7(9)4-2/h4H,2-3,5-6H2,1H3. The first-order valence-electron chi connectivity index (χ1n) is 3.86. The Kier molecular flexibility index (Phi) is 2.83. The van der Waals surface area contributed by atoms with Gasteiger partial charge in [-0.2, -0.15) is 0 Å². The Morgan fingerprint density at radius 3 is 2.92 bits per heavy atom. The van der Waals surface area contributed by atoms with Crippen LogP contribution in [0.25, 0.3) is 0 Å². The minimum atomic E-state index is -1.10. The topological polar surface area (TPSA) is 48.1 Å². The lowest BCUT2D eigenvalue weighted by Crippen LogP contribution is -2.24. The van der Waals surface area contributed by atoms with Gasteiger partial charge in [-0.05, 0) is 6.42 Å². The van der Waals surface area contributed by atoms with E-state index in [4.69, 9.17) is 14.2 Å². The molecular formula is C8H12O4. The lowest BCUT2D eigenvalue weighted by Gasteiger charge is -2.11. The van der Waals surface area contributed by atoms with Crippen LogP contribution in [-0.2, 0) is 19.0 Å². The van der Waals surface area contributed by atoms with Crippen LogP contribution in [-0.4, -0.2) is 25.2 Å². The molecule has 1 rings (SSSR count). The van der Waals surface area contributed by atoms with Gasteiger partial charge in [0.2, 0.25) is 0 Å². The highest BCUT2D eigenvalue weighted by molar-refractivity contribution is 5.81. The van der Waals surface area contributed by atoms with E-state index in [1.165, 1.54) is 0 Å². The van der Waals surface area contributed by atoms with E-state index in [1.807, 2.05) is 6.92 Å². The van der Waals surface area contributed by atoms with Crippen LogP contribution in [0.5, 0.6) is 0 Å². The molecule has 4 nitrogen and oxygen atoms in total. The Balaban J connectivity index is 2.29. The normalized spacial score (nSPS) is 26.4. The van der Waals surface area contributed by atoms with Gasteiger partial charge in [0.15, 0.2) is 0 Å². The quantitative estimate of drug-likeness (QED) is 0.267. The monoisotopic (exact) mass is 172 g/mol. The Labute approximate surface area is 71.1 Å². The van der Waals surface area contributed by atoms with E-state index in [-0.39, 0.29) is 0 Å². The fourth-order valence-electron chi connectivity index (χ4n) is 0.683. The second-order valence-corrected chi connectivity index (χ2v) is 2.45. The number of hydrogen-bond acceptors (Lipinski definition) is 4. The maximum absolute atomic E-state index is 10.7. The Bertz CT molecular complexity index is 183. The second-order valence-electron chi connectivity index (χ2n) is 2.45. The zero-order valence-electron chi connectivity index (χ0n) is 7.04. The van der Waals surface area contributed by atoms with Crippen LogP contribution in [0, 0.1) is 0 Å². The van der Waals surface area contributed by atoms with Crippen molar-refractivity contribution in [3.63, 3.8) is 0 Å². The maximum atomic E-state index is 10.7. The van der Waals surface area contributed by atoms with Crippen LogP contribution in [0.4, 0.5) is 0 Å². The van der Waals surface area contributed by atoms with Crippen molar-refractivity contribution >= 4 is 5.97 Å². The summed E-state index contributed by atoms with van der Waals surface area (Å²) in [4.78, 5) is 10.7. The molecule has 1 heterocycles. The fourth-order valence-corrected chi connectivity index (χ4v) is 0.683. The molecule has 4 heteroatoms. The van der Waals surface area contributed by atoms with Crippen molar-refractivity contribution in [2.75, 3.05) is 13.2 Å². The summed E-state index contributed by atoms with van der Waals surface area (Å²) in [6.07, 6.45) is 1.94. The minimum absolute atomic E-state index is 0.312. The molecular weight excluding hydrogens is 160 g/mol. The third-order valence-electron chi connectivity index (χ3n) is 1.33. The molecule has 0 N–H and O–H groups in total. The van der Waals surface area contributed by atoms with E-state index >= 15 is 0 Å². The summed E-state index contributed by atoms with van der Waals surface area (Å²) in [5.74, 6) is -1.62. The highest BCUT2D eigenvalue weighted by Gasteiger charge is 2.51. The van der Waals surface area contributed by atoms with Gasteiger partial charge in [-0.3, -0.25) is 0 Å². The fraction of sp³-hybridized carbons (Fsp3) is 0.625. The molecule has 1 atom stereocenters. The van der Waals surface area contributed by atoms with E-state index in [0.29, 0.717) is 13.2 Å². The highest BCUT2D eigenvalue weighted by Crippen LogP contribution is 2.30. The smallest absolute Gasteiger partial charge is 0.354 e. The molecule has 0 aromatic heterocycles. The van der Waals surface area contributed by atoms with Gasteiger partial charge in [0.05, 0.1) is 6.61 Å². The lowest BCUT2D eigenvalue weighted by atomic mass is 10.5. The van der Waals surface area contributed by atoms with Gasteiger partial charge in [-0.25, -0.2) is 4.79 Å². The average Bonchev–Trinajstić information content (AvgIpc) is 2.82. The first kappa shape index (κ1) is 9.22. The van der Waals surface area contributed by atoms with Crippen LogP contribution in [0.15, 0.2) is 12.7 Å². The van der Waals surface area contributed by atoms with Crippen LogP contribution in [0.3, 0.4) is 0 Å². The number of carbonyl (C=O) groups excluding carboxylic acids is 1. The maximum Gasteiger partial charge on any atom is 0.354 e. The number of epoxide rings is 1. The van der Waals surface area contributed by atoms with Crippen molar-refractivity contribution < 1.29 is 19.0 Å². The summed E-state index contributed by atoms with van der Waals surface area (Å²) >= 11 is 0. The highest BCUT2D eigenvalue weighted by atomic mass is 16.9. The van der Waals surface area contributed by atoms with Crippen molar-refractivity contribution in [1.29, 1.82) is 0 Å². The third kappa shape index (κ3) is 2.32. The largest absolute Gasteiger partial charge is 0.402 e. The number of esters is 1. The van der Waals surface area contributed by atoms with Crippen molar-refractivity contribution in [2.24, 2.45) is 0 Å². The van der Waals surface area contributed by atoms with Gasteiger partial charge in [0.25, 0.3) is 0 Å². The molecule has 1 saturated heterocycles. The number of carbonyl (C=O) groups is 1. The zero-order valence-corrected chi connectivity index (χ0v) is 7.04. The molecule has 0 spiro atoms. The molecule has 0 saturated carbocycles. The van der Waals surface area contributed by atoms with Crippen molar-refractivity contribution in [3.05, 3.63) is 12.7 Å². The molecule has 0 amide bonds. The number of ether oxygens (including phenoxy) is 3. The second kappa shape index (κ2) is 3.69. The van der Waals surface area contributed by atoms with Gasteiger partial charge < -0.3 is 14.2 Å². The lowest BCUT2D eigenvalue weighted by molar-refractivity contribution is -0.220. The Morgan fingerprint density at radius 1 is 1.83 bits per heavy atom. The van der Waals surface area contributed by atoms with Crippen molar-refractivity contribution in [1.82, 2.24) is 0 Å². The predicted molar refractivity (Wildman–Crippen MR) is 41.2 cm³/mol. The molecule has 0 radical (unpaired) electrons. The summed E-state index contributed by atoms with van der Waals surface area (Å²) in [6, 6.07) is 0. The van der Waals surface area contributed by atoms with Gasteiger partial charge in [0.1, 0.15) is 6.61 Å². The third-order valence-corrected chi connectivity index (χ3v) is 1.33. The number of rotatable bonds is 5. The minimum Gasteiger partial charge on any atom is -0.402 e. The molecule has 0 aromatic carbocycles. The van der Waals surface area contributed by atoms with Crippen LogP contribution >= 0.6 is 0 Å². The van der Waals surface area contributed by atoms with Gasteiger partial charge >= 0.3 is 11.9 Å². The Morgan fingerprint density at radius 2 is 2.50 bits per heavy atom. The summed E-state index contributed by atoms with van der Waals surface area (Å²) in [5, 5.41) is 0. The first-order chi connectivity index (χ1) is 5.72. The van der Waals surface area contributed by atoms with Crippen molar-refractivity contribution in [2.45, 2.75) is 19.3 Å². The first-order valence-corrected chi connectivity index (χ1v) is 3.86. The van der Waals surface area contributed by atoms with Gasteiger partial charge in [-0.15, -0.1) is 0 Å². The van der Waals surface area contributed by atoms with Gasteiger partial charge in [0, 0.05) is 6.08 Å². The van der Waals surface area contributed by atoms with E-state index in [9.17, 15) is 4.79 Å². The zero-order chi connectivity index (χ0) is 9.03. The molecule has 0 aromatic rings. The van der Waals surface area contributed by atoms with E-state index in [2.05, 4.69) is 6.58 Å². The predicted octanol–water partition coefficient (Wildman–Crippen LogP) is 0.826. The SMILES string of the molecule is C=CC(=O)OC1(OCCC)CO1. The Hall–Kier alpha value is -0.870. The van der Waals surface area contributed by atoms with E-state index in [1.54, 1.807) is 0 Å². The molecule has 1 fully saturated rings. The van der Waals surface area contributed by atoms with Crippen LogP contribution in [0.2, 0.25) is 0 Å². The summed E-state index contributed by atoms with van der Waals surface area (Å²) in [7, 11) is 0. The summed E-state index contributed by atoms with van der Waals surface area (Å²) in [5.41, 5.74) is 0. The molecule has 12 heavy (non-hydrogen) atoms. The van der Waals surface area contributed by atoms with E-state index < -0.39 is 11.9 Å². The molecule has 0 bridgehead atoms. The van der Waals surface area contributed by atoms with Crippen LogP contribution in [0.1, 0.15) is 13.3 Å². The molecule has 1 aliphatic rings. The summed E-state index contributed by atoms with van der Waals surface area (Å²) < 4.78 is 14.8. The average molecular weight is 172 g/mol. The van der Waals surface area contributed by atoms with E-state index in [0.717, 1.165) is 12.5 Å².